The highest BCUT2D eigenvalue weighted by atomic mass is 32.2. The first-order chi connectivity index (χ1) is 11.5. The second-order valence-corrected chi connectivity index (χ2v) is 8.03. The topological polar surface area (TPSA) is 115 Å². The van der Waals surface area contributed by atoms with E-state index >= 15 is 0 Å². The zero-order chi connectivity index (χ0) is 17.6. The Labute approximate surface area is 144 Å². The summed E-state index contributed by atoms with van der Waals surface area (Å²) in [5.74, 6) is 0.748. The predicted octanol–water partition coefficient (Wildman–Crippen LogP) is 1.65. The highest BCUT2D eigenvalue weighted by Crippen LogP contribution is 2.48. The predicted molar refractivity (Wildman–Crippen MR) is 91.0 cm³/mol. The molecule has 0 bridgehead atoms. The lowest BCUT2D eigenvalue weighted by atomic mass is 10.5. The molecule has 2 atom stereocenters. The number of ether oxygens (including phenoxy) is 2. The van der Waals surface area contributed by atoms with Crippen LogP contribution >= 0.6 is 19.4 Å². The summed E-state index contributed by atoms with van der Waals surface area (Å²) in [4.78, 5) is 15.5. The van der Waals surface area contributed by atoms with E-state index in [9.17, 15) is 9.36 Å². The fraction of sp³-hybridized carbons (Fsp3) is 0.692. The number of anilines is 1. The van der Waals surface area contributed by atoms with Gasteiger partial charge in [0.2, 0.25) is 0 Å². The minimum Gasteiger partial charge on any atom is -0.383 e. The molecule has 0 amide bonds. The summed E-state index contributed by atoms with van der Waals surface area (Å²) < 4.78 is 35.1. The van der Waals surface area contributed by atoms with Gasteiger partial charge < -0.3 is 24.3 Å². The summed E-state index contributed by atoms with van der Waals surface area (Å²) in [5.41, 5.74) is 4.73. The van der Waals surface area contributed by atoms with Gasteiger partial charge in [0.05, 0.1) is 19.8 Å². The summed E-state index contributed by atoms with van der Waals surface area (Å²) in [6.07, 6.45) is 0.982. The lowest BCUT2D eigenvalue weighted by Gasteiger charge is -2.18. The molecule has 0 radical (unpaired) electrons. The number of thioether (sulfide) groups is 1. The van der Waals surface area contributed by atoms with Crippen LogP contribution in [0.15, 0.2) is 17.1 Å². The van der Waals surface area contributed by atoms with Crippen molar-refractivity contribution in [3.05, 3.63) is 22.7 Å². The fourth-order valence-corrected chi connectivity index (χ4v) is 4.44. The maximum Gasteiger partial charge on any atom is 0.356 e. The van der Waals surface area contributed by atoms with Crippen molar-refractivity contribution in [3.63, 3.8) is 0 Å². The van der Waals surface area contributed by atoms with Crippen LogP contribution in [0.4, 0.5) is 5.82 Å². The van der Waals surface area contributed by atoms with Gasteiger partial charge in [-0.3, -0.25) is 9.13 Å². The van der Waals surface area contributed by atoms with Crippen LogP contribution < -0.4 is 11.4 Å². The summed E-state index contributed by atoms with van der Waals surface area (Å²) in [6, 6.07) is 1.54. The van der Waals surface area contributed by atoms with E-state index in [1.54, 1.807) is 26.1 Å². The van der Waals surface area contributed by atoms with E-state index in [4.69, 9.17) is 24.3 Å². The molecule has 136 valence electrons. The van der Waals surface area contributed by atoms with Crippen molar-refractivity contribution in [3.8, 4) is 0 Å². The molecule has 2 unspecified atom stereocenters. The van der Waals surface area contributed by atoms with E-state index in [1.165, 1.54) is 16.3 Å². The molecular weight excluding hydrogens is 357 g/mol. The molecule has 1 aliphatic rings. The normalized spacial score (nSPS) is 21.2. The first-order valence-electron chi connectivity index (χ1n) is 7.55. The summed E-state index contributed by atoms with van der Waals surface area (Å²) in [7, 11) is -3.23. The van der Waals surface area contributed by atoms with Gasteiger partial charge in [-0.2, -0.15) is 4.98 Å². The van der Waals surface area contributed by atoms with Crippen LogP contribution in [-0.2, 0) is 23.1 Å². The van der Waals surface area contributed by atoms with E-state index in [-0.39, 0.29) is 37.4 Å². The lowest BCUT2D eigenvalue weighted by Crippen LogP contribution is -2.28. The first kappa shape index (κ1) is 19.4. The lowest BCUT2D eigenvalue weighted by molar-refractivity contribution is -0.0203. The van der Waals surface area contributed by atoms with Gasteiger partial charge in [0.15, 0.2) is 0 Å². The molecule has 2 N–H and O–H groups in total. The Bertz CT molecular complexity index is 632. The molecule has 11 heteroatoms. The molecule has 0 saturated carbocycles. The van der Waals surface area contributed by atoms with E-state index in [2.05, 4.69) is 4.98 Å². The Morgan fingerprint density at radius 2 is 2.17 bits per heavy atom. The number of hydrogen-bond donors (Lipinski definition) is 1. The molecular formula is C13H22N3O6PS. The third-order valence-electron chi connectivity index (χ3n) is 3.05. The standard InChI is InChI=1S/C13H22N3O6PS/c1-3-20-23(18,21-4-2)9-19-7-12-22-11(8-24-12)16-6-5-10(14)15-13(16)17/h5-6,11-12H,3-4,7-9H2,1-2H3,(H2,14,15,17). The van der Waals surface area contributed by atoms with Gasteiger partial charge in [0.1, 0.15) is 23.8 Å². The third kappa shape index (κ3) is 5.30. The molecule has 1 aromatic rings. The Hall–Kier alpha value is -0.900. The molecule has 1 fully saturated rings. The van der Waals surface area contributed by atoms with Crippen LogP contribution in [0, 0.1) is 0 Å². The van der Waals surface area contributed by atoms with E-state index in [0.717, 1.165) is 0 Å². The molecule has 2 rings (SSSR count). The smallest absolute Gasteiger partial charge is 0.356 e. The Morgan fingerprint density at radius 1 is 1.46 bits per heavy atom. The van der Waals surface area contributed by atoms with Gasteiger partial charge >= 0.3 is 13.3 Å². The molecule has 0 aromatic carbocycles. The van der Waals surface area contributed by atoms with Crippen LogP contribution in [0.2, 0.25) is 0 Å². The molecule has 2 heterocycles. The number of hydrogen-bond acceptors (Lipinski definition) is 9. The van der Waals surface area contributed by atoms with Crippen LogP contribution in [0.1, 0.15) is 20.1 Å². The minimum atomic E-state index is -3.23. The molecule has 1 aliphatic heterocycles. The Morgan fingerprint density at radius 3 is 2.79 bits per heavy atom. The minimum absolute atomic E-state index is 0.136. The summed E-state index contributed by atoms with van der Waals surface area (Å²) in [6.45, 7) is 4.26. The average Bonchev–Trinajstić information content (AvgIpc) is 2.96. The number of aromatic nitrogens is 2. The van der Waals surface area contributed by atoms with Crippen molar-refractivity contribution in [2.24, 2.45) is 0 Å². The zero-order valence-corrected chi connectivity index (χ0v) is 15.3. The largest absolute Gasteiger partial charge is 0.383 e. The van der Waals surface area contributed by atoms with E-state index in [0.29, 0.717) is 5.75 Å². The van der Waals surface area contributed by atoms with E-state index < -0.39 is 19.5 Å². The number of nitrogen functional groups attached to an aromatic ring is 1. The highest BCUT2D eigenvalue weighted by Gasteiger charge is 2.30. The average molecular weight is 379 g/mol. The van der Waals surface area contributed by atoms with Gasteiger partial charge in [-0.1, -0.05) is 0 Å². The van der Waals surface area contributed by atoms with Crippen molar-refractivity contribution >= 4 is 25.2 Å². The highest BCUT2D eigenvalue weighted by molar-refractivity contribution is 8.00. The SMILES string of the molecule is CCOP(=O)(COCC1OC(n2ccc(N)nc2=O)CS1)OCC. The molecule has 0 aliphatic carbocycles. The van der Waals surface area contributed by atoms with Gasteiger partial charge in [-0.25, -0.2) is 4.79 Å². The summed E-state index contributed by atoms with van der Waals surface area (Å²) in [5, 5.41) is 0. The van der Waals surface area contributed by atoms with Crippen molar-refractivity contribution in [2.75, 3.05) is 37.7 Å². The second-order valence-electron chi connectivity index (χ2n) is 4.84. The molecule has 1 aromatic heterocycles. The third-order valence-corrected chi connectivity index (χ3v) is 5.95. The second kappa shape index (κ2) is 8.98. The maximum atomic E-state index is 12.3. The Balaban J connectivity index is 1.83. The van der Waals surface area contributed by atoms with Crippen molar-refractivity contribution in [2.45, 2.75) is 25.5 Å². The zero-order valence-electron chi connectivity index (χ0n) is 13.6. The first-order valence-corrected chi connectivity index (χ1v) is 10.3. The van der Waals surface area contributed by atoms with Crippen molar-refractivity contribution in [1.29, 1.82) is 0 Å². The fourth-order valence-electron chi connectivity index (χ4n) is 2.09. The quantitative estimate of drug-likeness (QED) is 0.639. The molecule has 9 nitrogen and oxygen atoms in total. The number of nitrogens with zero attached hydrogens (tertiary/aromatic N) is 2. The number of nitrogens with two attached hydrogens (primary N) is 1. The van der Waals surface area contributed by atoms with Gasteiger partial charge in [0, 0.05) is 11.9 Å². The van der Waals surface area contributed by atoms with Gasteiger partial charge in [-0.05, 0) is 19.9 Å². The van der Waals surface area contributed by atoms with Crippen LogP contribution in [-0.4, -0.2) is 46.9 Å². The van der Waals surface area contributed by atoms with E-state index in [1.807, 2.05) is 0 Å². The summed E-state index contributed by atoms with van der Waals surface area (Å²) >= 11 is 1.50. The van der Waals surface area contributed by atoms with Crippen LogP contribution in [0.25, 0.3) is 0 Å². The molecule has 24 heavy (non-hydrogen) atoms. The number of rotatable bonds is 9. The van der Waals surface area contributed by atoms with Gasteiger partial charge in [0.25, 0.3) is 0 Å². The van der Waals surface area contributed by atoms with Crippen molar-refractivity contribution in [1.82, 2.24) is 9.55 Å². The Kier molecular flexibility index (Phi) is 7.27. The monoisotopic (exact) mass is 379 g/mol. The molecule has 1 saturated heterocycles. The van der Waals surface area contributed by atoms with Crippen LogP contribution in [0.5, 0.6) is 0 Å². The van der Waals surface area contributed by atoms with Crippen LogP contribution in [0.3, 0.4) is 0 Å². The van der Waals surface area contributed by atoms with Gasteiger partial charge in [-0.15, -0.1) is 11.8 Å². The molecule has 0 spiro atoms. The maximum absolute atomic E-state index is 12.3. The van der Waals surface area contributed by atoms with Crippen molar-refractivity contribution < 1.29 is 23.1 Å².